The number of likely N-dealkylation sites (N-methyl/N-ethyl adjacent to an activating group) is 1. The van der Waals surface area contributed by atoms with Gasteiger partial charge in [-0.1, -0.05) is 50.1 Å². The number of benzene rings is 1. The van der Waals surface area contributed by atoms with Crippen LogP contribution in [0, 0.1) is 0 Å². The van der Waals surface area contributed by atoms with Crippen LogP contribution in [0.2, 0.25) is 0 Å². The highest BCUT2D eigenvalue weighted by atomic mass is 16.6. The fourth-order valence-corrected chi connectivity index (χ4v) is 2.99. The Morgan fingerprint density at radius 2 is 1.60 bits per heavy atom. The molecule has 0 aliphatic heterocycles. The van der Waals surface area contributed by atoms with Crippen molar-refractivity contribution in [2.45, 2.75) is 64.6 Å². The first-order valence-electron chi connectivity index (χ1n) is 11.1. The summed E-state index contributed by atoms with van der Waals surface area (Å²) in [6.45, 7) is 4.00. The van der Waals surface area contributed by atoms with Gasteiger partial charge in [0.2, 0.25) is 0 Å². The maximum Gasteiger partial charge on any atom is 0.306 e. The Hall–Kier alpha value is -1.92. The van der Waals surface area contributed by atoms with Crippen molar-refractivity contribution in [3.8, 4) is 0 Å². The van der Waals surface area contributed by atoms with E-state index in [0.717, 1.165) is 31.2 Å². The van der Waals surface area contributed by atoms with E-state index in [1.807, 2.05) is 51.5 Å². The number of nitrogens with zero attached hydrogens (tertiary/aromatic N) is 1. The van der Waals surface area contributed by atoms with Crippen LogP contribution < -0.4 is 0 Å². The van der Waals surface area contributed by atoms with E-state index >= 15 is 0 Å². The molecule has 1 rings (SSSR count). The lowest BCUT2D eigenvalue weighted by molar-refractivity contribution is -0.873. The van der Waals surface area contributed by atoms with Crippen LogP contribution in [0.4, 0.5) is 0 Å². The van der Waals surface area contributed by atoms with Crippen molar-refractivity contribution in [2.75, 3.05) is 40.9 Å². The highest BCUT2D eigenvalue weighted by Gasteiger charge is 2.23. The van der Waals surface area contributed by atoms with Crippen LogP contribution in [0.25, 0.3) is 0 Å². The summed E-state index contributed by atoms with van der Waals surface area (Å²) in [6, 6.07) is 10.0. The molecule has 0 bridgehead atoms. The molecule has 0 fully saturated rings. The number of carbonyl (C=O) groups is 2. The van der Waals surface area contributed by atoms with Gasteiger partial charge in [0.05, 0.1) is 27.7 Å². The lowest BCUT2D eigenvalue weighted by atomic mass is 10.2. The summed E-state index contributed by atoms with van der Waals surface area (Å²) in [4.78, 5) is 24.1. The normalized spacial score (nSPS) is 12.4. The van der Waals surface area contributed by atoms with E-state index in [2.05, 4.69) is 6.92 Å². The van der Waals surface area contributed by atoms with Crippen LogP contribution in [0.3, 0.4) is 0 Å². The fraction of sp³-hybridized carbons (Fsp3) is 0.667. The third kappa shape index (κ3) is 14.1. The largest absolute Gasteiger partial charge is 0.461 e. The Balaban J connectivity index is 2.26. The number of carbonyl (C=O) groups excluding carboxylic acids is 2. The lowest BCUT2D eigenvalue weighted by Crippen LogP contribution is -2.45. The molecule has 0 heterocycles. The van der Waals surface area contributed by atoms with Crippen molar-refractivity contribution in [3.63, 3.8) is 0 Å². The Bertz CT molecular complexity index is 597. The highest BCUT2D eigenvalue weighted by molar-refractivity contribution is 5.70. The summed E-state index contributed by atoms with van der Waals surface area (Å²) in [5.74, 6) is -0.472. The molecule has 0 saturated carbocycles. The van der Waals surface area contributed by atoms with E-state index in [4.69, 9.17) is 14.2 Å². The molecule has 1 atom stereocenters. The molecule has 1 aromatic rings. The number of unbranched alkanes of at least 4 members (excludes halogenated alkanes) is 3. The molecule has 1 aromatic carbocycles. The minimum absolute atomic E-state index is 0.117. The van der Waals surface area contributed by atoms with Crippen molar-refractivity contribution in [3.05, 3.63) is 35.9 Å². The molecular formula is C24H40NO5+. The Morgan fingerprint density at radius 1 is 0.933 bits per heavy atom. The van der Waals surface area contributed by atoms with E-state index in [9.17, 15) is 9.59 Å². The number of esters is 2. The molecule has 0 N–H and O–H groups in total. The minimum Gasteiger partial charge on any atom is -0.461 e. The molecule has 0 amide bonds. The second kappa shape index (κ2) is 15.0. The molecule has 0 aliphatic rings. The first kappa shape index (κ1) is 26.1. The molecule has 6 heteroatoms. The number of hydrogen-bond acceptors (Lipinski definition) is 5. The van der Waals surface area contributed by atoms with Crippen LogP contribution in [-0.2, 0) is 30.4 Å². The van der Waals surface area contributed by atoms with Crippen LogP contribution in [-0.4, -0.2) is 63.4 Å². The van der Waals surface area contributed by atoms with Crippen molar-refractivity contribution >= 4 is 11.9 Å². The standard InChI is InChI=1S/C24H40NO5/c1-5-6-8-15-23(26)29-20-22(18-25(2,3)4)30-24(27)16-11-12-17-28-19-21-13-9-7-10-14-21/h7,9-10,13-14,22H,5-6,8,11-12,15-20H2,1-4H3/q+1. The van der Waals surface area contributed by atoms with E-state index in [-0.39, 0.29) is 18.5 Å². The fourth-order valence-electron chi connectivity index (χ4n) is 2.99. The number of rotatable bonds is 16. The molecule has 0 spiro atoms. The minimum atomic E-state index is -0.429. The van der Waals surface area contributed by atoms with Crippen LogP contribution in [0.1, 0.15) is 57.4 Å². The average Bonchev–Trinajstić information content (AvgIpc) is 2.68. The quantitative estimate of drug-likeness (QED) is 0.228. The van der Waals surface area contributed by atoms with Gasteiger partial charge in [0, 0.05) is 19.4 Å². The average molecular weight is 423 g/mol. The first-order chi connectivity index (χ1) is 14.3. The summed E-state index contributed by atoms with van der Waals surface area (Å²) in [6.07, 6.45) is 4.75. The monoisotopic (exact) mass is 422 g/mol. The van der Waals surface area contributed by atoms with Crippen molar-refractivity contribution in [1.82, 2.24) is 0 Å². The van der Waals surface area contributed by atoms with E-state index in [1.54, 1.807) is 0 Å². The van der Waals surface area contributed by atoms with E-state index in [1.165, 1.54) is 0 Å². The predicted molar refractivity (Wildman–Crippen MR) is 118 cm³/mol. The summed E-state index contributed by atoms with van der Waals surface area (Å²) in [5, 5.41) is 0. The molecule has 0 aliphatic carbocycles. The predicted octanol–water partition coefficient (Wildman–Crippen LogP) is 4.12. The van der Waals surface area contributed by atoms with Crippen LogP contribution in [0.5, 0.6) is 0 Å². The topological polar surface area (TPSA) is 61.8 Å². The van der Waals surface area contributed by atoms with Crippen LogP contribution >= 0.6 is 0 Å². The third-order valence-corrected chi connectivity index (χ3v) is 4.50. The third-order valence-electron chi connectivity index (χ3n) is 4.50. The smallest absolute Gasteiger partial charge is 0.306 e. The Labute approximate surface area is 182 Å². The zero-order valence-corrected chi connectivity index (χ0v) is 19.2. The van der Waals surface area contributed by atoms with E-state index in [0.29, 0.717) is 43.5 Å². The molecule has 1 unspecified atom stereocenters. The summed E-state index contributed by atoms with van der Waals surface area (Å²) in [7, 11) is 6.07. The molecular weight excluding hydrogens is 382 g/mol. The molecule has 0 radical (unpaired) electrons. The second-order valence-electron chi connectivity index (χ2n) is 8.72. The van der Waals surface area contributed by atoms with Gasteiger partial charge in [-0.2, -0.15) is 0 Å². The molecule has 170 valence electrons. The molecule has 0 saturated heterocycles. The first-order valence-corrected chi connectivity index (χ1v) is 11.1. The Kier molecular flexibility index (Phi) is 13.0. The van der Waals surface area contributed by atoms with Crippen molar-refractivity contribution in [2.24, 2.45) is 0 Å². The zero-order chi connectivity index (χ0) is 22.2. The lowest BCUT2D eigenvalue weighted by Gasteiger charge is -2.28. The zero-order valence-electron chi connectivity index (χ0n) is 19.2. The molecule has 0 aromatic heterocycles. The summed E-state index contributed by atoms with van der Waals surface area (Å²) < 4.78 is 17.2. The summed E-state index contributed by atoms with van der Waals surface area (Å²) in [5.41, 5.74) is 1.14. The van der Waals surface area contributed by atoms with Gasteiger partial charge in [0.1, 0.15) is 13.2 Å². The van der Waals surface area contributed by atoms with Crippen molar-refractivity contribution in [1.29, 1.82) is 0 Å². The van der Waals surface area contributed by atoms with Gasteiger partial charge in [-0.3, -0.25) is 9.59 Å². The number of hydrogen-bond donors (Lipinski definition) is 0. The maximum atomic E-state index is 12.2. The van der Waals surface area contributed by atoms with Gasteiger partial charge in [-0.25, -0.2) is 0 Å². The van der Waals surface area contributed by atoms with Gasteiger partial charge >= 0.3 is 11.9 Å². The number of quaternary nitrogens is 1. The maximum absolute atomic E-state index is 12.2. The number of ether oxygens (including phenoxy) is 3. The highest BCUT2D eigenvalue weighted by Crippen LogP contribution is 2.08. The summed E-state index contributed by atoms with van der Waals surface area (Å²) >= 11 is 0. The van der Waals surface area contributed by atoms with E-state index < -0.39 is 6.10 Å². The van der Waals surface area contributed by atoms with Crippen molar-refractivity contribution < 1.29 is 28.3 Å². The second-order valence-corrected chi connectivity index (χ2v) is 8.72. The Morgan fingerprint density at radius 3 is 2.27 bits per heavy atom. The van der Waals surface area contributed by atoms with Gasteiger partial charge in [-0.05, 0) is 24.8 Å². The molecule has 6 nitrogen and oxygen atoms in total. The SMILES string of the molecule is CCCCCC(=O)OCC(C[N+](C)(C)C)OC(=O)CCCCOCc1ccccc1. The van der Waals surface area contributed by atoms with Gasteiger partial charge in [0.25, 0.3) is 0 Å². The van der Waals surface area contributed by atoms with Gasteiger partial charge in [0.15, 0.2) is 6.10 Å². The molecule has 30 heavy (non-hydrogen) atoms. The van der Waals surface area contributed by atoms with Gasteiger partial charge < -0.3 is 18.7 Å². The van der Waals surface area contributed by atoms with Crippen LogP contribution in [0.15, 0.2) is 30.3 Å². The van der Waals surface area contributed by atoms with Gasteiger partial charge in [-0.15, -0.1) is 0 Å².